The first-order valence-electron chi connectivity index (χ1n) is 3.42. The molecule has 0 saturated carbocycles. The van der Waals surface area contributed by atoms with Crippen molar-refractivity contribution in [2.45, 2.75) is 6.11 Å². The van der Waals surface area contributed by atoms with E-state index in [1.54, 1.807) is 6.07 Å². The molecule has 0 aliphatic carbocycles. The highest BCUT2D eigenvalue weighted by atomic mass is 79.9. The fraction of sp³-hybridized carbons (Fsp3) is 0.250. The average molecular weight is 255 g/mol. The predicted octanol–water partition coefficient (Wildman–Crippen LogP) is 3.39. The standard InChI is InChI=1S/C8H6BrF3O/c9-6-3-1-2-4-7(6)13-8(11,12)5-10/h1-4H,5H2. The van der Waals surface area contributed by atoms with Crippen molar-refractivity contribution in [2.24, 2.45) is 0 Å². The molecule has 0 aromatic heterocycles. The second-order valence-corrected chi connectivity index (χ2v) is 3.16. The van der Waals surface area contributed by atoms with E-state index in [1.165, 1.54) is 18.2 Å². The van der Waals surface area contributed by atoms with Crippen LogP contribution in [0.2, 0.25) is 0 Å². The fourth-order valence-electron chi connectivity index (χ4n) is 0.716. The number of ether oxygens (including phenoxy) is 1. The monoisotopic (exact) mass is 254 g/mol. The number of para-hydroxylation sites is 1. The van der Waals surface area contributed by atoms with Crippen molar-refractivity contribution >= 4 is 15.9 Å². The van der Waals surface area contributed by atoms with E-state index in [1.807, 2.05) is 0 Å². The summed E-state index contributed by atoms with van der Waals surface area (Å²) in [5, 5.41) is 0. The summed E-state index contributed by atoms with van der Waals surface area (Å²) < 4.78 is 41.0. The Morgan fingerprint density at radius 3 is 2.46 bits per heavy atom. The first kappa shape index (κ1) is 10.4. The maximum atomic E-state index is 12.4. The minimum atomic E-state index is -3.76. The molecule has 0 heterocycles. The summed E-state index contributed by atoms with van der Waals surface area (Å²) >= 11 is 3.00. The van der Waals surface area contributed by atoms with Crippen LogP contribution in [0.15, 0.2) is 28.7 Å². The first-order chi connectivity index (χ1) is 6.05. The summed E-state index contributed by atoms with van der Waals surface area (Å²) in [5.41, 5.74) is 0. The first-order valence-corrected chi connectivity index (χ1v) is 4.22. The van der Waals surface area contributed by atoms with Gasteiger partial charge < -0.3 is 4.74 Å². The molecule has 13 heavy (non-hydrogen) atoms. The van der Waals surface area contributed by atoms with Gasteiger partial charge in [-0.05, 0) is 28.1 Å². The van der Waals surface area contributed by atoms with E-state index in [9.17, 15) is 13.2 Å². The van der Waals surface area contributed by atoms with Crippen molar-refractivity contribution in [3.63, 3.8) is 0 Å². The molecule has 0 fully saturated rings. The van der Waals surface area contributed by atoms with Crippen molar-refractivity contribution in [2.75, 3.05) is 6.67 Å². The van der Waals surface area contributed by atoms with Crippen LogP contribution < -0.4 is 4.74 Å². The van der Waals surface area contributed by atoms with Gasteiger partial charge in [-0.25, -0.2) is 4.39 Å². The van der Waals surface area contributed by atoms with E-state index in [0.717, 1.165) is 0 Å². The van der Waals surface area contributed by atoms with Crippen LogP contribution in [0.1, 0.15) is 0 Å². The molecule has 0 aliphatic heterocycles. The van der Waals surface area contributed by atoms with Crippen molar-refractivity contribution in [1.29, 1.82) is 0 Å². The molecule has 0 bridgehead atoms. The third-order valence-corrected chi connectivity index (χ3v) is 1.91. The average Bonchev–Trinajstić information content (AvgIpc) is 2.09. The van der Waals surface area contributed by atoms with Crippen LogP contribution in [0.3, 0.4) is 0 Å². The predicted molar refractivity (Wildman–Crippen MR) is 45.7 cm³/mol. The molecule has 0 radical (unpaired) electrons. The van der Waals surface area contributed by atoms with Gasteiger partial charge in [0.2, 0.25) is 0 Å². The molecule has 0 atom stereocenters. The number of alkyl halides is 3. The lowest BCUT2D eigenvalue weighted by Gasteiger charge is -2.15. The van der Waals surface area contributed by atoms with Gasteiger partial charge in [0.05, 0.1) is 4.47 Å². The van der Waals surface area contributed by atoms with Gasteiger partial charge in [0.25, 0.3) is 0 Å². The molecular formula is C8H6BrF3O. The van der Waals surface area contributed by atoms with E-state index in [-0.39, 0.29) is 5.75 Å². The van der Waals surface area contributed by atoms with Gasteiger partial charge in [-0.15, -0.1) is 0 Å². The minimum absolute atomic E-state index is 0.0786. The Hall–Kier alpha value is -0.710. The van der Waals surface area contributed by atoms with Gasteiger partial charge in [0.1, 0.15) is 5.75 Å². The zero-order chi connectivity index (χ0) is 9.90. The molecule has 0 saturated heterocycles. The van der Waals surface area contributed by atoms with Crippen LogP contribution in [0.5, 0.6) is 5.75 Å². The van der Waals surface area contributed by atoms with Crippen molar-refractivity contribution in [3.8, 4) is 5.75 Å². The molecule has 0 spiro atoms. The Balaban J connectivity index is 2.80. The topological polar surface area (TPSA) is 9.23 Å². The van der Waals surface area contributed by atoms with Gasteiger partial charge >= 0.3 is 6.11 Å². The molecule has 1 aromatic carbocycles. The maximum absolute atomic E-state index is 12.4. The minimum Gasteiger partial charge on any atom is -0.429 e. The smallest absolute Gasteiger partial charge is 0.427 e. The summed E-state index contributed by atoms with van der Waals surface area (Å²) in [7, 11) is 0. The highest BCUT2D eigenvalue weighted by Crippen LogP contribution is 2.29. The van der Waals surface area contributed by atoms with Crippen LogP contribution in [-0.2, 0) is 0 Å². The van der Waals surface area contributed by atoms with E-state index >= 15 is 0 Å². The highest BCUT2D eigenvalue weighted by molar-refractivity contribution is 9.10. The van der Waals surface area contributed by atoms with Crippen molar-refractivity contribution in [1.82, 2.24) is 0 Å². The Morgan fingerprint density at radius 2 is 1.92 bits per heavy atom. The second-order valence-electron chi connectivity index (χ2n) is 2.30. The third kappa shape index (κ3) is 2.91. The zero-order valence-electron chi connectivity index (χ0n) is 6.44. The molecule has 5 heteroatoms. The molecule has 1 nitrogen and oxygen atoms in total. The zero-order valence-corrected chi connectivity index (χ0v) is 8.02. The Morgan fingerprint density at radius 1 is 1.31 bits per heavy atom. The number of halogens is 4. The molecule has 1 rings (SSSR count). The van der Waals surface area contributed by atoms with Gasteiger partial charge in [-0.1, -0.05) is 12.1 Å². The maximum Gasteiger partial charge on any atom is 0.427 e. The Bertz CT molecular complexity index is 290. The quantitative estimate of drug-likeness (QED) is 0.804. The van der Waals surface area contributed by atoms with Crippen LogP contribution in [0, 0.1) is 0 Å². The van der Waals surface area contributed by atoms with Gasteiger partial charge in [-0.3, -0.25) is 0 Å². The summed E-state index contributed by atoms with van der Waals surface area (Å²) in [4.78, 5) is 0. The lowest BCUT2D eigenvalue weighted by atomic mass is 10.3. The molecule has 0 aliphatic rings. The summed E-state index contributed by atoms with van der Waals surface area (Å²) in [6, 6.07) is 6.02. The highest BCUT2D eigenvalue weighted by Gasteiger charge is 2.32. The molecular weight excluding hydrogens is 249 g/mol. The summed E-state index contributed by atoms with van der Waals surface area (Å²) in [6.07, 6.45) is -3.76. The third-order valence-electron chi connectivity index (χ3n) is 1.25. The van der Waals surface area contributed by atoms with Crippen LogP contribution in [0.25, 0.3) is 0 Å². The van der Waals surface area contributed by atoms with E-state index in [4.69, 9.17) is 0 Å². The van der Waals surface area contributed by atoms with Crippen molar-refractivity contribution < 1.29 is 17.9 Å². The SMILES string of the molecule is FCC(F)(F)Oc1ccccc1Br. The number of hydrogen-bond donors (Lipinski definition) is 0. The van der Waals surface area contributed by atoms with Crippen molar-refractivity contribution in [3.05, 3.63) is 28.7 Å². The molecule has 0 unspecified atom stereocenters. The number of benzene rings is 1. The Kier molecular flexibility index (Phi) is 3.19. The largest absolute Gasteiger partial charge is 0.429 e. The van der Waals surface area contributed by atoms with Gasteiger partial charge in [0, 0.05) is 0 Å². The molecule has 0 N–H and O–H groups in total. The van der Waals surface area contributed by atoms with Crippen LogP contribution in [-0.4, -0.2) is 12.8 Å². The van der Waals surface area contributed by atoms with Crippen LogP contribution in [0.4, 0.5) is 13.2 Å². The lowest BCUT2D eigenvalue weighted by molar-refractivity contribution is -0.186. The molecule has 1 aromatic rings. The molecule has 72 valence electrons. The number of rotatable bonds is 3. The molecule has 0 amide bonds. The second kappa shape index (κ2) is 4.00. The summed E-state index contributed by atoms with van der Waals surface area (Å²) in [6.45, 7) is -1.84. The summed E-state index contributed by atoms with van der Waals surface area (Å²) in [5.74, 6) is -0.0786. The number of hydrogen-bond acceptors (Lipinski definition) is 1. The van der Waals surface area contributed by atoms with Crippen LogP contribution >= 0.6 is 15.9 Å². The van der Waals surface area contributed by atoms with E-state index in [0.29, 0.717) is 4.47 Å². The van der Waals surface area contributed by atoms with E-state index < -0.39 is 12.8 Å². The van der Waals surface area contributed by atoms with E-state index in [2.05, 4.69) is 20.7 Å². The van der Waals surface area contributed by atoms with Gasteiger partial charge in [-0.2, -0.15) is 8.78 Å². The fourth-order valence-corrected chi connectivity index (χ4v) is 1.08. The Labute approximate surface area is 81.6 Å². The lowest BCUT2D eigenvalue weighted by Crippen LogP contribution is -2.27. The normalized spacial score (nSPS) is 11.4. The van der Waals surface area contributed by atoms with Gasteiger partial charge in [0.15, 0.2) is 6.67 Å².